The van der Waals surface area contributed by atoms with Crippen LogP contribution in [0.3, 0.4) is 0 Å². The number of para-hydroxylation sites is 1. The summed E-state index contributed by atoms with van der Waals surface area (Å²) in [6.07, 6.45) is 1.00. The molecule has 3 rings (SSSR count). The first-order chi connectivity index (χ1) is 10.3. The van der Waals surface area contributed by atoms with Gasteiger partial charge in [-0.15, -0.1) is 0 Å². The molecule has 0 unspecified atom stereocenters. The highest BCUT2D eigenvalue weighted by Gasteiger charge is 2.20. The Morgan fingerprint density at radius 3 is 3.05 bits per heavy atom. The summed E-state index contributed by atoms with van der Waals surface area (Å²) in [5, 5.41) is 4.19. The van der Waals surface area contributed by atoms with Gasteiger partial charge in [0.2, 0.25) is 5.95 Å². The molecule has 0 aliphatic carbocycles. The lowest BCUT2D eigenvalue weighted by Crippen LogP contribution is -2.37. The van der Waals surface area contributed by atoms with E-state index in [1.807, 2.05) is 31.3 Å². The van der Waals surface area contributed by atoms with Crippen molar-refractivity contribution in [1.29, 1.82) is 0 Å². The first kappa shape index (κ1) is 14.0. The minimum Gasteiger partial charge on any atom is -0.375 e. The molecular formula is C15H21N5O. The van der Waals surface area contributed by atoms with Gasteiger partial charge in [-0.25, -0.2) is 4.98 Å². The van der Waals surface area contributed by atoms with Crippen LogP contribution in [-0.4, -0.2) is 49.4 Å². The van der Waals surface area contributed by atoms with Crippen molar-refractivity contribution in [2.24, 2.45) is 5.73 Å². The van der Waals surface area contributed by atoms with Gasteiger partial charge in [0, 0.05) is 38.7 Å². The topological polar surface area (TPSA) is 76.3 Å². The number of nitrogens with two attached hydrogens (primary N) is 1. The van der Waals surface area contributed by atoms with Gasteiger partial charge in [-0.1, -0.05) is 12.1 Å². The van der Waals surface area contributed by atoms with Crippen molar-refractivity contribution < 1.29 is 4.74 Å². The van der Waals surface area contributed by atoms with E-state index >= 15 is 0 Å². The lowest BCUT2D eigenvalue weighted by Gasteiger charge is -2.24. The Morgan fingerprint density at radius 1 is 1.38 bits per heavy atom. The Bertz CT molecular complexity index is 618. The summed E-state index contributed by atoms with van der Waals surface area (Å²) >= 11 is 0. The molecule has 2 heterocycles. The first-order valence-electron chi connectivity index (χ1n) is 7.33. The van der Waals surface area contributed by atoms with Crippen molar-refractivity contribution in [2.45, 2.75) is 12.5 Å². The molecule has 0 spiro atoms. The molecule has 1 aliphatic heterocycles. The molecule has 6 nitrogen and oxygen atoms in total. The first-order valence-corrected chi connectivity index (χ1v) is 7.33. The highest BCUT2D eigenvalue weighted by molar-refractivity contribution is 5.89. The Balaban J connectivity index is 1.99. The lowest BCUT2D eigenvalue weighted by molar-refractivity contribution is 0.0748. The Labute approximate surface area is 124 Å². The van der Waals surface area contributed by atoms with Gasteiger partial charge in [-0.2, -0.15) is 4.98 Å². The summed E-state index contributed by atoms with van der Waals surface area (Å²) in [4.78, 5) is 11.5. The molecule has 1 atom stereocenters. The van der Waals surface area contributed by atoms with Crippen LogP contribution < -0.4 is 16.0 Å². The van der Waals surface area contributed by atoms with Crippen LogP contribution in [0, 0.1) is 0 Å². The zero-order valence-electron chi connectivity index (χ0n) is 12.2. The number of aromatic nitrogens is 2. The predicted octanol–water partition coefficient (Wildman–Crippen LogP) is 1.23. The summed E-state index contributed by atoms with van der Waals surface area (Å²) < 4.78 is 5.71. The average molecular weight is 287 g/mol. The highest BCUT2D eigenvalue weighted by atomic mass is 16.5. The van der Waals surface area contributed by atoms with Crippen LogP contribution >= 0.6 is 0 Å². The van der Waals surface area contributed by atoms with E-state index in [4.69, 9.17) is 15.5 Å². The van der Waals surface area contributed by atoms with Gasteiger partial charge in [0.05, 0.1) is 11.6 Å². The number of fused-ring (bicyclic) bond motifs is 1. The van der Waals surface area contributed by atoms with Crippen LogP contribution in [0.4, 0.5) is 11.8 Å². The molecule has 0 bridgehead atoms. The third-order valence-electron chi connectivity index (χ3n) is 3.72. The van der Waals surface area contributed by atoms with Crippen molar-refractivity contribution in [3.8, 4) is 0 Å². The van der Waals surface area contributed by atoms with Crippen LogP contribution in [0.1, 0.15) is 6.42 Å². The van der Waals surface area contributed by atoms with E-state index in [9.17, 15) is 0 Å². The fourth-order valence-electron chi connectivity index (χ4n) is 2.62. The maximum absolute atomic E-state index is 5.75. The normalized spacial score (nSPS) is 19.5. The molecule has 1 aromatic heterocycles. The van der Waals surface area contributed by atoms with E-state index in [0.717, 1.165) is 48.8 Å². The predicted molar refractivity (Wildman–Crippen MR) is 84.7 cm³/mol. The third-order valence-corrected chi connectivity index (χ3v) is 3.72. The zero-order chi connectivity index (χ0) is 14.7. The fourth-order valence-corrected chi connectivity index (χ4v) is 2.62. The standard InChI is InChI=1S/C15H21N5O/c1-17-14-12-5-2-3-6-13(12)18-15(19-14)20-7-4-8-21-11(9-16)10-20/h2-3,5-6,11H,4,7-10,16H2,1H3,(H,17,18,19)/t11-/m0/s1. The molecule has 1 aliphatic rings. The third kappa shape index (κ3) is 2.91. The van der Waals surface area contributed by atoms with Gasteiger partial charge >= 0.3 is 0 Å². The minimum absolute atomic E-state index is 0.0422. The van der Waals surface area contributed by atoms with E-state index in [2.05, 4.69) is 15.2 Å². The second-order valence-electron chi connectivity index (χ2n) is 5.17. The molecule has 1 fully saturated rings. The van der Waals surface area contributed by atoms with Crippen molar-refractivity contribution in [3.05, 3.63) is 24.3 Å². The minimum atomic E-state index is 0.0422. The fraction of sp³-hybridized carbons (Fsp3) is 0.467. The van der Waals surface area contributed by atoms with E-state index in [1.54, 1.807) is 0 Å². The van der Waals surface area contributed by atoms with Gasteiger partial charge in [0.15, 0.2) is 0 Å². The Kier molecular flexibility index (Phi) is 4.17. The second kappa shape index (κ2) is 6.24. The number of hydrogen-bond acceptors (Lipinski definition) is 6. The van der Waals surface area contributed by atoms with Gasteiger partial charge in [0.25, 0.3) is 0 Å². The molecule has 3 N–H and O–H groups in total. The second-order valence-corrected chi connectivity index (χ2v) is 5.17. The average Bonchev–Trinajstić information content (AvgIpc) is 2.79. The molecule has 1 aromatic carbocycles. The smallest absolute Gasteiger partial charge is 0.227 e. The van der Waals surface area contributed by atoms with Crippen LogP contribution in [-0.2, 0) is 4.74 Å². The SMILES string of the molecule is CNc1nc(N2CCCO[C@@H](CN)C2)nc2ccccc12. The van der Waals surface area contributed by atoms with Crippen molar-refractivity contribution in [3.63, 3.8) is 0 Å². The monoisotopic (exact) mass is 287 g/mol. The number of rotatable bonds is 3. The lowest BCUT2D eigenvalue weighted by atomic mass is 10.2. The van der Waals surface area contributed by atoms with Crippen molar-refractivity contribution in [1.82, 2.24) is 9.97 Å². The summed E-state index contributed by atoms with van der Waals surface area (Å²) in [5.74, 6) is 1.59. The molecule has 21 heavy (non-hydrogen) atoms. The van der Waals surface area contributed by atoms with E-state index in [0.29, 0.717) is 6.54 Å². The number of nitrogens with one attached hydrogen (secondary N) is 1. The molecule has 112 valence electrons. The molecule has 1 saturated heterocycles. The van der Waals surface area contributed by atoms with Gasteiger partial charge < -0.3 is 20.7 Å². The van der Waals surface area contributed by atoms with Gasteiger partial charge in [-0.05, 0) is 18.6 Å². The quantitative estimate of drug-likeness (QED) is 0.884. The summed E-state index contributed by atoms with van der Waals surface area (Å²) in [6.45, 7) is 2.88. The highest BCUT2D eigenvalue weighted by Crippen LogP contribution is 2.23. The molecular weight excluding hydrogens is 266 g/mol. The van der Waals surface area contributed by atoms with E-state index < -0.39 is 0 Å². The Morgan fingerprint density at radius 2 is 2.24 bits per heavy atom. The van der Waals surface area contributed by atoms with Crippen LogP contribution in [0.5, 0.6) is 0 Å². The van der Waals surface area contributed by atoms with Crippen LogP contribution in [0.2, 0.25) is 0 Å². The van der Waals surface area contributed by atoms with Crippen molar-refractivity contribution >= 4 is 22.7 Å². The maximum atomic E-state index is 5.75. The molecule has 0 amide bonds. The molecule has 0 radical (unpaired) electrons. The number of benzene rings is 1. The number of nitrogens with zero attached hydrogens (tertiary/aromatic N) is 3. The van der Waals surface area contributed by atoms with Gasteiger partial charge in [-0.3, -0.25) is 0 Å². The molecule has 6 heteroatoms. The zero-order valence-corrected chi connectivity index (χ0v) is 12.2. The summed E-state index contributed by atoms with van der Waals surface area (Å²) in [5.41, 5.74) is 6.70. The maximum Gasteiger partial charge on any atom is 0.227 e. The summed E-state index contributed by atoms with van der Waals surface area (Å²) in [7, 11) is 1.88. The van der Waals surface area contributed by atoms with Crippen LogP contribution in [0.15, 0.2) is 24.3 Å². The Hall–Kier alpha value is -1.92. The number of hydrogen-bond donors (Lipinski definition) is 2. The molecule has 2 aromatic rings. The van der Waals surface area contributed by atoms with Gasteiger partial charge in [0.1, 0.15) is 5.82 Å². The van der Waals surface area contributed by atoms with E-state index in [-0.39, 0.29) is 6.10 Å². The number of ether oxygens (including phenoxy) is 1. The number of anilines is 2. The molecule has 0 saturated carbocycles. The van der Waals surface area contributed by atoms with Crippen molar-refractivity contribution in [2.75, 3.05) is 43.5 Å². The summed E-state index contributed by atoms with van der Waals surface area (Å²) in [6, 6.07) is 8.03. The van der Waals surface area contributed by atoms with E-state index in [1.165, 1.54) is 0 Å². The largest absolute Gasteiger partial charge is 0.375 e. The van der Waals surface area contributed by atoms with Crippen LogP contribution in [0.25, 0.3) is 10.9 Å².